The SMILES string of the molecule is C/C(C/C(=N/O)c1ccc(C)cc1)=N\O. The summed E-state index contributed by atoms with van der Waals surface area (Å²) in [7, 11) is 0. The highest BCUT2D eigenvalue weighted by Crippen LogP contribution is 2.07. The summed E-state index contributed by atoms with van der Waals surface area (Å²) in [5.74, 6) is 0. The summed E-state index contributed by atoms with van der Waals surface area (Å²) in [4.78, 5) is 0. The molecule has 1 aromatic rings. The maximum absolute atomic E-state index is 8.84. The Morgan fingerprint density at radius 1 is 1.13 bits per heavy atom. The Morgan fingerprint density at radius 2 is 1.73 bits per heavy atom. The van der Waals surface area contributed by atoms with E-state index in [9.17, 15) is 0 Å². The second-order valence-corrected chi connectivity index (χ2v) is 3.42. The van der Waals surface area contributed by atoms with Crippen molar-refractivity contribution in [3.63, 3.8) is 0 Å². The first-order valence-electron chi connectivity index (χ1n) is 4.63. The molecule has 0 aliphatic rings. The lowest BCUT2D eigenvalue weighted by Gasteiger charge is -2.03. The topological polar surface area (TPSA) is 65.2 Å². The monoisotopic (exact) mass is 206 g/mol. The van der Waals surface area contributed by atoms with Gasteiger partial charge in [0.05, 0.1) is 11.4 Å². The third-order valence-corrected chi connectivity index (χ3v) is 2.10. The molecule has 15 heavy (non-hydrogen) atoms. The fourth-order valence-corrected chi connectivity index (χ4v) is 1.22. The van der Waals surface area contributed by atoms with Crippen LogP contribution in [0.5, 0.6) is 0 Å². The molecule has 0 aromatic heterocycles. The van der Waals surface area contributed by atoms with Crippen molar-refractivity contribution in [2.45, 2.75) is 20.3 Å². The number of nitrogens with zero attached hydrogens (tertiary/aromatic N) is 2. The summed E-state index contributed by atoms with van der Waals surface area (Å²) >= 11 is 0. The second-order valence-electron chi connectivity index (χ2n) is 3.42. The van der Waals surface area contributed by atoms with Crippen LogP contribution in [-0.2, 0) is 0 Å². The van der Waals surface area contributed by atoms with E-state index in [4.69, 9.17) is 10.4 Å². The van der Waals surface area contributed by atoms with Gasteiger partial charge in [-0.2, -0.15) is 0 Å². The maximum Gasteiger partial charge on any atom is 0.0924 e. The highest BCUT2D eigenvalue weighted by Gasteiger charge is 2.06. The molecule has 0 unspecified atom stereocenters. The molecule has 0 fully saturated rings. The minimum Gasteiger partial charge on any atom is -0.411 e. The van der Waals surface area contributed by atoms with Crippen LogP contribution in [0.25, 0.3) is 0 Å². The highest BCUT2D eigenvalue weighted by molar-refractivity contribution is 6.11. The Morgan fingerprint density at radius 3 is 2.20 bits per heavy atom. The van der Waals surface area contributed by atoms with E-state index in [0.29, 0.717) is 17.8 Å². The quantitative estimate of drug-likeness (QED) is 0.453. The lowest BCUT2D eigenvalue weighted by atomic mass is 10.0. The van der Waals surface area contributed by atoms with Crippen molar-refractivity contribution in [3.8, 4) is 0 Å². The lowest BCUT2D eigenvalue weighted by Crippen LogP contribution is -2.07. The van der Waals surface area contributed by atoms with Gasteiger partial charge in [-0.05, 0) is 19.4 Å². The van der Waals surface area contributed by atoms with Crippen molar-refractivity contribution >= 4 is 11.4 Å². The smallest absolute Gasteiger partial charge is 0.0924 e. The van der Waals surface area contributed by atoms with Crippen molar-refractivity contribution in [1.29, 1.82) is 0 Å². The molecule has 0 heterocycles. The highest BCUT2D eigenvalue weighted by atomic mass is 16.4. The minimum atomic E-state index is 0.329. The molecule has 0 saturated heterocycles. The van der Waals surface area contributed by atoms with Gasteiger partial charge < -0.3 is 10.4 Å². The van der Waals surface area contributed by atoms with Crippen molar-refractivity contribution in [3.05, 3.63) is 35.4 Å². The molecular weight excluding hydrogens is 192 g/mol. The predicted molar refractivity (Wildman–Crippen MR) is 59.0 cm³/mol. The Labute approximate surface area is 88.5 Å². The number of oxime groups is 2. The fourth-order valence-electron chi connectivity index (χ4n) is 1.22. The van der Waals surface area contributed by atoms with Crippen molar-refractivity contribution in [2.24, 2.45) is 10.3 Å². The average molecular weight is 206 g/mol. The second kappa shape index (κ2) is 5.14. The summed E-state index contributed by atoms with van der Waals surface area (Å²) in [6.07, 6.45) is 0.329. The van der Waals surface area contributed by atoms with Crippen molar-refractivity contribution < 1.29 is 10.4 Å². The summed E-state index contributed by atoms with van der Waals surface area (Å²) in [6.45, 7) is 3.65. The van der Waals surface area contributed by atoms with Gasteiger partial charge in [-0.15, -0.1) is 0 Å². The van der Waals surface area contributed by atoms with E-state index in [2.05, 4.69) is 10.3 Å². The van der Waals surface area contributed by atoms with E-state index >= 15 is 0 Å². The first kappa shape index (κ1) is 11.2. The molecule has 4 nitrogen and oxygen atoms in total. The van der Waals surface area contributed by atoms with Crippen LogP contribution in [0.4, 0.5) is 0 Å². The zero-order chi connectivity index (χ0) is 11.3. The summed E-state index contributed by atoms with van der Waals surface area (Å²) in [5, 5.41) is 23.6. The Hall–Kier alpha value is -1.84. The van der Waals surface area contributed by atoms with E-state index in [0.717, 1.165) is 11.1 Å². The molecule has 0 amide bonds. The van der Waals surface area contributed by atoms with Gasteiger partial charge in [0.25, 0.3) is 0 Å². The fraction of sp³-hybridized carbons (Fsp3) is 0.273. The largest absolute Gasteiger partial charge is 0.411 e. The van der Waals surface area contributed by atoms with Crippen molar-refractivity contribution in [2.75, 3.05) is 0 Å². The van der Waals surface area contributed by atoms with Gasteiger partial charge in [-0.3, -0.25) is 0 Å². The number of aryl methyl sites for hydroxylation is 1. The average Bonchev–Trinajstić information content (AvgIpc) is 2.27. The lowest BCUT2D eigenvalue weighted by molar-refractivity contribution is 0.315. The molecule has 0 spiro atoms. The third kappa shape index (κ3) is 3.09. The number of benzene rings is 1. The van der Waals surface area contributed by atoms with Gasteiger partial charge in [0, 0.05) is 6.42 Å². The number of hydrogen-bond donors (Lipinski definition) is 2. The van der Waals surface area contributed by atoms with Gasteiger partial charge in [-0.1, -0.05) is 40.1 Å². The van der Waals surface area contributed by atoms with Crippen LogP contribution in [-0.4, -0.2) is 21.8 Å². The van der Waals surface area contributed by atoms with E-state index < -0.39 is 0 Å². The van der Waals surface area contributed by atoms with Crippen LogP contribution in [0.1, 0.15) is 24.5 Å². The normalized spacial score (nSPS) is 12.9. The molecule has 4 heteroatoms. The van der Waals surface area contributed by atoms with Gasteiger partial charge in [-0.25, -0.2) is 0 Å². The minimum absolute atomic E-state index is 0.329. The predicted octanol–water partition coefficient (Wildman–Crippen LogP) is 2.41. The van der Waals surface area contributed by atoms with E-state index in [1.165, 1.54) is 0 Å². The summed E-state index contributed by atoms with van der Waals surface area (Å²) in [5.41, 5.74) is 2.96. The molecule has 1 rings (SSSR count). The van der Waals surface area contributed by atoms with E-state index in [1.54, 1.807) is 6.92 Å². The van der Waals surface area contributed by atoms with Crippen LogP contribution in [0.15, 0.2) is 34.6 Å². The molecule has 2 N–H and O–H groups in total. The number of rotatable bonds is 3. The van der Waals surface area contributed by atoms with Crippen molar-refractivity contribution in [1.82, 2.24) is 0 Å². The van der Waals surface area contributed by atoms with E-state index in [1.807, 2.05) is 31.2 Å². The summed E-state index contributed by atoms with van der Waals surface area (Å²) in [6, 6.07) is 7.61. The standard InChI is InChI=1S/C11H14N2O2/c1-8-3-5-10(6-4-8)11(13-15)7-9(2)12-14/h3-6,14-15H,7H2,1-2H3/b12-9+,13-11-. The van der Waals surface area contributed by atoms with E-state index in [-0.39, 0.29) is 0 Å². The van der Waals surface area contributed by atoms with Crippen LogP contribution in [0, 0.1) is 6.92 Å². The molecule has 0 aliphatic heterocycles. The zero-order valence-electron chi connectivity index (χ0n) is 8.81. The molecule has 0 atom stereocenters. The first-order chi connectivity index (χ1) is 7.17. The molecular formula is C11H14N2O2. The van der Waals surface area contributed by atoms with Crippen LogP contribution < -0.4 is 0 Å². The van der Waals surface area contributed by atoms with Crippen LogP contribution >= 0.6 is 0 Å². The molecule has 80 valence electrons. The number of hydrogen-bond acceptors (Lipinski definition) is 4. The van der Waals surface area contributed by atoms with Gasteiger partial charge in [0.2, 0.25) is 0 Å². The maximum atomic E-state index is 8.84. The van der Waals surface area contributed by atoms with Crippen LogP contribution in [0.3, 0.4) is 0 Å². The summed E-state index contributed by atoms with van der Waals surface area (Å²) < 4.78 is 0. The zero-order valence-corrected chi connectivity index (χ0v) is 8.81. The Kier molecular flexibility index (Phi) is 3.85. The molecule has 1 aromatic carbocycles. The van der Waals surface area contributed by atoms with Gasteiger partial charge in [0.1, 0.15) is 0 Å². The first-order valence-corrected chi connectivity index (χ1v) is 4.63. The Balaban J connectivity index is 2.89. The molecule has 0 bridgehead atoms. The van der Waals surface area contributed by atoms with Crippen LogP contribution in [0.2, 0.25) is 0 Å². The molecule has 0 aliphatic carbocycles. The third-order valence-electron chi connectivity index (χ3n) is 2.10. The molecule has 0 radical (unpaired) electrons. The molecule has 0 saturated carbocycles. The Bertz CT molecular complexity index is 380. The van der Waals surface area contributed by atoms with Gasteiger partial charge in [0.15, 0.2) is 0 Å². The van der Waals surface area contributed by atoms with Gasteiger partial charge >= 0.3 is 0 Å².